The number of nitrogens with one attached hydrogen (secondary N) is 1. The summed E-state index contributed by atoms with van der Waals surface area (Å²) in [5, 5.41) is 0.628. The third kappa shape index (κ3) is 2.93. The Morgan fingerprint density at radius 1 is 1.28 bits per heavy atom. The molecule has 3 aromatic rings. The molecule has 25 heavy (non-hydrogen) atoms. The average molecular weight is 335 g/mol. The molecule has 128 valence electrons. The maximum absolute atomic E-state index is 12.3. The van der Waals surface area contributed by atoms with Crippen LogP contribution in [-0.2, 0) is 19.4 Å². The SMILES string of the molecule is CCc1ncc2c(n1)CN(C(C)c1nc3ccccc3c(=O)[nH]1)CC2. The monoisotopic (exact) mass is 335 g/mol. The fourth-order valence-corrected chi connectivity index (χ4v) is 3.34. The lowest BCUT2D eigenvalue weighted by atomic mass is 10.0. The fraction of sp³-hybridized carbons (Fsp3) is 0.368. The van der Waals surface area contributed by atoms with E-state index in [0.717, 1.165) is 43.0 Å². The van der Waals surface area contributed by atoms with E-state index in [1.807, 2.05) is 24.4 Å². The van der Waals surface area contributed by atoms with E-state index >= 15 is 0 Å². The Balaban J connectivity index is 1.65. The average Bonchev–Trinajstić information content (AvgIpc) is 2.66. The molecular weight excluding hydrogens is 314 g/mol. The van der Waals surface area contributed by atoms with Gasteiger partial charge in [0.25, 0.3) is 5.56 Å². The van der Waals surface area contributed by atoms with Crippen molar-refractivity contribution in [3.8, 4) is 0 Å². The Labute approximate surface area is 146 Å². The van der Waals surface area contributed by atoms with Crippen LogP contribution in [-0.4, -0.2) is 31.4 Å². The molecule has 2 aromatic heterocycles. The zero-order chi connectivity index (χ0) is 17.4. The Kier molecular flexibility index (Phi) is 4.05. The maximum atomic E-state index is 12.3. The molecular formula is C19H21N5O. The van der Waals surface area contributed by atoms with Gasteiger partial charge in [-0.05, 0) is 31.0 Å². The van der Waals surface area contributed by atoms with E-state index in [0.29, 0.717) is 11.2 Å². The molecule has 0 saturated heterocycles. The topological polar surface area (TPSA) is 74.8 Å². The number of hydrogen-bond acceptors (Lipinski definition) is 5. The van der Waals surface area contributed by atoms with Crippen LogP contribution in [0.15, 0.2) is 35.3 Å². The van der Waals surface area contributed by atoms with Crippen LogP contribution in [0.1, 0.15) is 42.8 Å². The van der Waals surface area contributed by atoms with Crippen LogP contribution in [0.25, 0.3) is 10.9 Å². The zero-order valence-electron chi connectivity index (χ0n) is 14.5. The van der Waals surface area contributed by atoms with Gasteiger partial charge in [-0.15, -0.1) is 0 Å². The highest BCUT2D eigenvalue weighted by molar-refractivity contribution is 5.77. The molecule has 0 amide bonds. The number of para-hydroxylation sites is 1. The van der Waals surface area contributed by atoms with Crippen molar-refractivity contribution in [3.63, 3.8) is 0 Å². The van der Waals surface area contributed by atoms with Crippen LogP contribution < -0.4 is 5.56 Å². The Morgan fingerprint density at radius 3 is 2.96 bits per heavy atom. The predicted octanol–water partition coefficient (Wildman–Crippen LogP) is 2.39. The number of aromatic nitrogens is 4. The van der Waals surface area contributed by atoms with Gasteiger partial charge < -0.3 is 4.98 Å². The van der Waals surface area contributed by atoms with Gasteiger partial charge >= 0.3 is 0 Å². The molecule has 0 radical (unpaired) electrons. The third-order valence-electron chi connectivity index (χ3n) is 4.92. The quantitative estimate of drug-likeness (QED) is 0.795. The summed E-state index contributed by atoms with van der Waals surface area (Å²) in [6.07, 6.45) is 3.71. The first-order valence-corrected chi connectivity index (χ1v) is 8.72. The normalized spacial score (nSPS) is 15.9. The maximum Gasteiger partial charge on any atom is 0.258 e. The Bertz CT molecular complexity index is 981. The van der Waals surface area contributed by atoms with Gasteiger partial charge in [-0.25, -0.2) is 15.0 Å². The van der Waals surface area contributed by atoms with Crippen LogP contribution in [0.4, 0.5) is 0 Å². The van der Waals surface area contributed by atoms with Crippen LogP contribution in [0.5, 0.6) is 0 Å². The summed E-state index contributed by atoms with van der Waals surface area (Å²) >= 11 is 0. The van der Waals surface area contributed by atoms with Crippen molar-refractivity contribution in [2.24, 2.45) is 0 Å². The smallest absolute Gasteiger partial charge is 0.258 e. The van der Waals surface area contributed by atoms with Gasteiger partial charge in [0, 0.05) is 25.7 Å². The van der Waals surface area contributed by atoms with Crippen LogP contribution in [0.3, 0.4) is 0 Å². The van der Waals surface area contributed by atoms with E-state index in [9.17, 15) is 4.79 Å². The zero-order valence-corrected chi connectivity index (χ0v) is 14.5. The van der Waals surface area contributed by atoms with Gasteiger partial charge in [-0.1, -0.05) is 19.1 Å². The summed E-state index contributed by atoms with van der Waals surface area (Å²) in [5.41, 5.74) is 2.97. The van der Waals surface area contributed by atoms with Crippen LogP contribution in [0, 0.1) is 0 Å². The third-order valence-corrected chi connectivity index (χ3v) is 4.92. The van der Waals surface area contributed by atoms with E-state index in [1.165, 1.54) is 5.56 Å². The van der Waals surface area contributed by atoms with Gasteiger partial charge in [0.05, 0.1) is 22.6 Å². The minimum atomic E-state index is -0.0829. The minimum absolute atomic E-state index is 0.0190. The van der Waals surface area contributed by atoms with Gasteiger partial charge in [0.15, 0.2) is 0 Å². The highest BCUT2D eigenvalue weighted by Gasteiger charge is 2.25. The second kappa shape index (κ2) is 6.37. The molecule has 0 bridgehead atoms. The van der Waals surface area contributed by atoms with Crippen molar-refractivity contribution in [2.75, 3.05) is 6.54 Å². The Hall–Kier alpha value is -2.60. The number of aryl methyl sites for hydroxylation is 1. The molecule has 1 unspecified atom stereocenters. The molecule has 6 heteroatoms. The van der Waals surface area contributed by atoms with Crippen LogP contribution >= 0.6 is 0 Å². The molecule has 0 saturated carbocycles. The van der Waals surface area contributed by atoms with Crippen molar-refractivity contribution < 1.29 is 0 Å². The number of H-pyrrole nitrogens is 1. The standard InChI is InChI=1S/C19H21N5O/c1-3-17-20-10-13-8-9-24(11-16(13)21-17)12(2)18-22-15-7-5-4-6-14(15)19(25)23-18/h4-7,10,12H,3,8-9,11H2,1-2H3,(H,22,23,25). The number of rotatable bonds is 3. The molecule has 3 heterocycles. The number of hydrogen-bond donors (Lipinski definition) is 1. The lowest BCUT2D eigenvalue weighted by Gasteiger charge is -2.32. The summed E-state index contributed by atoms with van der Waals surface area (Å²) < 4.78 is 0. The fourth-order valence-electron chi connectivity index (χ4n) is 3.34. The molecule has 1 N–H and O–H groups in total. The molecule has 0 aliphatic carbocycles. The molecule has 4 rings (SSSR count). The summed E-state index contributed by atoms with van der Waals surface area (Å²) in [6.45, 7) is 5.80. The van der Waals surface area contributed by atoms with Gasteiger partial charge in [0.1, 0.15) is 11.6 Å². The van der Waals surface area contributed by atoms with Crippen molar-refractivity contribution in [2.45, 2.75) is 39.3 Å². The van der Waals surface area contributed by atoms with E-state index in [2.05, 4.69) is 38.7 Å². The van der Waals surface area contributed by atoms with E-state index < -0.39 is 0 Å². The van der Waals surface area contributed by atoms with Gasteiger partial charge in [-0.2, -0.15) is 0 Å². The van der Waals surface area contributed by atoms with Crippen molar-refractivity contribution in [3.05, 3.63) is 63.7 Å². The lowest BCUT2D eigenvalue weighted by Crippen LogP contribution is -2.35. The summed E-state index contributed by atoms with van der Waals surface area (Å²) in [7, 11) is 0. The first kappa shape index (κ1) is 15.9. The van der Waals surface area contributed by atoms with E-state index in [-0.39, 0.29) is 11.6 Å². The van der Waals surface area contributed by atoms with Crippen LogP contribution in [0.2, 0.25) is 0 Å². The summed E-state index contributed by atoms with van der Waals surface area (Å²) in [5.74, 6) is 1.59. The minimum Gasteiger partial charge on any atom is -0.309 e. The van der Waals surface area contributed by atoms with E-state index in [4.69, 9.17) is 0 Å². The summed E-state index contributed by atoms with van der Waals surface area (Å²) in [4.78, 5) is 31.3. The first-order valence-electron chi connectivity index (χ1n) is 8.72. The van der Waals surface area contributed by atoms with Crippen molar-refractivity contribution in [1.29, 1.82) is 0 Å². The Morgan fingerprint density at radius 2 is 2.12 bits per heavy atom. The molecule has 0 spiro atoms. The highest BCUT2D eigenvalue weighted by atomic mass is 16.1. The molecule has 0 fully saturated rings. The largest absolute Gasteiger partial charge is 0.309 e. The number of nitrogens with zero attached hydrogens (tertiary/aromatic N) is 4. The van der Waals surface area contributed by atoms with Gasteiger partial charge in [0.2, 0.25) is 0 Å². The van der Waals surface area contributed by atoms with Crippen molar-refractivity contribution in [1.82, 2.24) is 24.8 Å². The lowest BCUT2D eigenvalue weighted by molar-refractivity contribution is 0.181. The van der Waals surface area contributed by atoms with Crippen molar-refractivity contribution >= 4 is 10.9 Å². The second-order valence-electron chi connectivity index (χ2n) is 6.48. The van der Waals surface area contributed by atoms with Gasteiger partial charge in [-0.3, -0.25) is 9.69 Å². The first-order chi connectivity index (χ1) is 12.2. The highest BCUT2D eigenvalue weighted by Crippen LogP contribution is 2.25. The number of fused-ring (bicyclic) bond motifs is 2. The molecule has 1 aliphatic rings. The number of aromatic amines is 1. The number of benzene rings is 1. The molecule has 1 aromatic carbocycles. The van der Waals surface area contributed by atoms with E-state index in [1.54, 1.807) is 6.07 Å². The second-order valence-corrected chi connectivity index (χ2v) is 6.48. The molecule has 6 nitrogen and oxygen atoms in total. The molecule has 1 aliphatic heterocycles. The predicted molar refractivity (Wildman–Crippen MR) is 96.3 cm³/mol. The summed E-state index contributed by atoms with van der Waals surface area (Å²) in [6, 6.07) is 7.46. The molecule has 1 atom stereocenters.